The molecule has 182 valence electrons. The molecule has 1 aromatic heterocycles. The number of guanidine groups is 1. The molecular formula is C23H42IN7O. The summed E-state index contributed by atoms with van der Waals surface area (Å²) in [6.07, 6.45) is 11.8. The number of nitrogens with zero attached hydrogens (tertiary/aromatic N) is 5. The van der Waals surface area contributed by atoms with E-state index in [-0.39, 0.29) is 36.0 Å². The minimum atomic E-state index is 0. The fourth-order valence-electron chi connectivity index (χ4n) is 4.75. The fourth-order valence-corrected chi connectivity index (χ4v) is 4.75. The fraction of sp³-hybridized carbons (Fsp3) is 0.783. The van der Waals surface area contributed by atoms with E-state index >= 15 is 0 Å². The molecule has 0 bridgehead atoms. The van der Waals surface area contributed by atoms with Crippen molar-refractivity contribution in [2.24, 2.45) is 10.4 Å². The zero-order chi connectivity index (χ0) is 21.8. The Bertz CT molecular complexity index is 641. The monoisotopic (exact) mass is 559 g/mol. The predicted octanol–water partition coefficient (Wildman–Crippen LogP) is 2.49. The number of aliphatic imine (C=N–C) groups is 1. The number of aliphatic hydroxyl groups excluding tert-OH is 1. The van der Waals surface area contributed by atoms with Gasteiger partial charge in [-0.1, -0.05) is 19.3 Å². The van der Waals surface area contributed by atoms with Gasteiger partial charge in [-0.3, -0.25) is 9.89 Å². The molecule has 0 unspecified atom stereocenters. The molecule has 0 amide bonds. The Balaban J connectivity index is 0.00000363. The van der Waals surface area contributed by atoms with Crippen LogP contribution in [0.1, 0.15) is 51.9 Å². The predicted molar refractivity (Wildman–Crippen MR) is 142 cm³/mol. The van der Waals surface area contributed by atoms with Crippen LogP contribution in [0.5, 0.6) is 0 Å². The Kier molecular flexibility index (Phi) is 12.6. The summed E-state index contributed by atoms with van der Waals surface area (Å²) in [6, 6.07) is 1.86. The van der Waals surface area contributed by atoms with Crippen molar-refractivity contribution in [3.8, 4) is 0 Å². The Labute approximate surface area is 210 Å². The van der Waals surface area contributed by atoms with E-state index in [2.05, 4.69) is 37.3 Å². The molecule has 8 nitrogen and oxygen atoms in total. The van der Waals surface area contributed by atoms with Crippen molar-refractivity contribution in [1.82, 2.24) is 25.5 Å². The second-order valence-electron chi connectivity index (χ2n) is 8.89. The third-order valence-electron chi connectivity index (χ3n) is 6.62. The number of aliphatic hydroxyl groups is 1. The van der Waals surface area contributed by atoms with Crippen LogP contribution in [0.3, 0.4) is 0 Å². The molecule has 2 fully saturated rings. The van der Waals surface area contributed by atoms with E-state index in [4.69, 9.17) is 4.99 Å². The summed E-state index contributed by atoms with van der Waals surface area (Å²) in [5.74, 6) is 1.75. The second-order valence-corrected chi connectivity index (χ2v) is 8.89. The van der Waals surface area contributed by atoms with Crippen LogP contribution in [-0.2, 0) is 0 Å². The number of aromatic nitrogens is 2. The van der Waals surface area contributed by atoms with Crippen molar-refractivity contribution in [1.29, 1.82) is 0 Å². The Morgan fingerprint density at radius 2 is 1.81 bits per heavy atom. The summed E-state index contributed by atoms with van der Waals surface area (Å²) >= 11 is 0. The van der Waals surface area contributed by atoms with E-state index in [1.165, 1.54) is 32.1 Å². The minimum absolute atomic E-state index is 0. The lowest BCUT2D eigenvalue weighted by molar-refractivity contribution is 0.137. The Morgan fingerprint density at radius 3 is 2.47 bits per heavy atom. The van der Waals surface area contributed by atoms with Crippen molar-refractivity contribution < 1.29 is 5.11 Å². The van der Waals surface area contributed by atoms with Crippen LogP contribution in [0.4, 0.5) is 5.95 Å². The van der Waals surface area contributed by atoms with Crippen molar-refractivity contribution in [3.05, 3.63) is 18.5 Å². The second kappa shape index (κ2) is 14.8. The number of nitrogens with one attached hydrogen (secondary N) is 2. The summed E-state index contributed by atoms with van der Waals surface area (Å²) in [4.78, 5) is 18.4. The maximum absolute atomic E-state index is 9.54. The minimum Gasteiger partial charge on any atom is -0.396 e. The first kappa shape index (κ1) is 27.0. The summed E-state index contributed by atoms with van der Waals surface area (Å²) in [6.45, 7) is 10.1. The highest BCUT2D eigenvalue weighted by molar-refractivity contribution is 14.0. The molecule has 2 aliphatic rings. The SMILES string of the molecule is CCNC(=NCC1(CCO)CCCCC1)NCCCN1CCN(c2ncccn2)CC1.I. The molecule has 1 aliphatic carbocycles. The highest BCUT2D eigenvalue weighted by atomic mass is 127. The third-order valence-corrected chi connectivity index (χ3v) is 6.62. The maximum atomic E-state index is 9.54. The molecule has 1 saturated carbocycles. The van der Waals surface area contributed by atoms with Gasteiger partial charge >= 0.3 is 0 Å². The van der Waals surface area contributed by atoms with Gasteiger partial charge in [0.25, 0.3) is 0 Å². The van der Waals surface area contributed by atoms with E-state index in [1.807, 2.05) is 18.5 Å². The summed E-state index contributed by atoms with van der Waals surface area (Å²) in [5, 5.41) is 16.4. The van der Waals surface area contributed by atoms with Gasteiger partial charge in [0, 0.05) is 64.8 Å². The average molecular weight is 560 g/mol. The number of hydrogen-bond acceptors (Lipinski definition) is 6. The lowest BCUT2D eigenvalue weighted by Crippen LogP contribution is -2.47. The van der Waals surface area contributed by atoms with Crippen LogP contribution in [-0.4, -0.2) is 84.9 Å². The van der Waals surface area contributed by atoms with Crippen molar-refractivity contribution in [2.45, 2.75) is 51.9 Å². The van der Waals surface area contributed by atoms with Crippen LogP contribution in [0.2, 0.25) is 0 Å². The molecule has 0 atom stereocenters. The van der Waals surface area contributed by atoms with E-state index in [0.29, 0.717) is 0 Å². The first-order valence-corrected chi connectivity index (χ1v) is 12.1. The van der Waals surface area contributed by atoms with Gasteiger partial charge in [-0.05, 0) is 50.6 Å². The quantitative estimate of drug-likeness (QED) is 0.176. The first-order valence-electron chi connectivity index (χ1n) is 12.1. The number of anilines is 1. The van der Waals surface area contributed by atoms with Crippen molar-refractivity contribution >= 4 is 35.9 Å². The molecule has 3 rings (SSSR count). The van der Waals surface area contributed by atoms with Crippen LogP contribution in [0, 0.1) is 5.41 Å². The highest BCUT2D eigenvalue weighted by Gasteiger charge is 2.31. The smallest absolute Gasteiger partial charge is 0.225 e. The summed E-state index contributed by atoms with van der Waals surface area (Å²) in [5.41, 5.74) is 0.192. The van der Waals surface area contributed by atoms with Gasteiger partial charge in [0.05, 0.1) is 0 Å². The largest absolute Gasteiger partial charge is 0.396 e. The molecular weight excluding hydrogens is 517 g/mol. The molecule has 0 spiro atoms. The molecule has 32 heavy (non-hydrogen) atoms. The van der Waals surface area contributed by atoms with Gasteiger partial charge in [-0.25, -0.2) is 9.97 Å². The van der Waals surface area contributed by atoms with Crippen molar-refractivity contribution in [3.63, 3.8) is 0 Å². The maximum Gasteiger partial charge on any atom is 0.225 e. The molecule has 9 heteroatoms. The Hall–Kier alpha value is -1.20. The van der Waals surface area contributed by atoms with Crippen LogP contribution in [0.15, 0.2) is 23.5 Å². The highest BCUT2D eigenvalue weighted by Crippen LogP contribution is 2.39. The average Bonchev–Trinajstić information content (AvgIpc) is 2.82. The molecule has 1 aliphatic heterocycles. The lowest BCUT2D eigenvalue weighted by atomic mass is 9.72. The summed E-state index contributed by atoms with van der Waals surface area (Å²) < 4.78 is 0. The van der Waals surface area contributed by atoms with E-state index in [1.54, 1.807) is 0 Å². The van der Waals surface area contributed by atoms with Gasteiger partial charge in [0.15, 0.2) is 5.96 Å². The number of hydrogen-bond donors (Lipinski definition) is 3. The lowest BCUT2D eigenvalue weighted by Gasteiger charge is -2.36. The normalized spacial score (nSPS) is 19.3. The van der Waals surface area contributed by atoms with E-state index in [0.717, 1.165) is 77.1 Å². The first-order chi connectivity index (χ1) is 15.2. The third kappa shape index (κ3) is 8.62. The number of halogens is 1. The van der Waals surface area contributed by atoms with Gasteiger partial charge in [0.1, 0.15) is 0 Å². The van der Waals surface area contributed by atoms with Crippen LogP contribution < -0.4 is 15.5 Å². The number of piperazine rings is 1. The molecule has 1 aromatic rings. The molecule has 1 saturated heterocycles. The van der Waals surface area contributed by atoms with Crippen molar-refractivity contribution in [2.75, 3.05) is 63.9 Å². The van der Waals surface area contributed by atoms with E-state index < -0.39 is 0 Å². The van der Waals surface area contributed by atoms with Gasteiger partial charge < -0.3 is 20.6 Å². The van der Waals surface area contributed by atoms with Crippen LogP contribution in [0.25, 0.3) is 0 Å². The van der Waals surface area contributed by atoms with Gasteiger partial charge in [0.2, 0.25) is 5.95 Å². The van der Waals surface area contributed by atoms with E-state index in [9.17, 15) is 5.11 Å². The zero-order valence-corrected chi connectivity index (χ0v) is 22.0. The standard InChI is InChI=1S/C23H41N7O.HI/c1-2-24-21(28-20-23(10-19-31)8-4-3-5-9-23)25-13-7-14-29-15-17-30(18-16-29)22-26-11-6-12-27-22;/h6,11-12,31H,2-5,7-10,13-20H2,1H3,(H2,24,25,28);1H. The number of rotatable bonds is 10. The molecule has 2 heterocycles. The molecule has 0 aromatic carbocycles. The molecule has 0 radical (unpaired) electrons. The topological polar surface area (TPSA) is 88.9 Å². The Morgan fingerprint density at radius 1 is 1.09 bits per heavy atom. The van der Waals surface area contributed by atoms with Crippen LogP contribution >= 0.6 is 24.0 Å². The zero-order valence-electron chi connectivity index (χ0n) is 19.6. The van der Waals surface area contributed by atoms with Gasteiger partial charge in [-0.2, -0.15) is 0 Å². The van der Waals surface area contributed by atoms with Gasteiger partial charge in [-0.15, -0.1) is 24.0 Å². The summed E-state index contributed by atoms with van der Waals surface area (Å²) in [7, 11) is 0. The molecule has 3 N–H and O–H groups in total.